The minimum Gasteiger partial charge on any atom is -0.381 e. The summed E-state index contributed by atoms with van der Waals surface area (Å²) >= 11 is 0. The Bertz CT molecular complexity index is 327. The molecule has 0 saturated heterocycles. The zero-order valence-corrected chi connectivity index (χ0v) is 22.4. The first-order chi connectivity index (χ1) is 15.0. The molecule has 0 radical (unpaired) electrons. The predicted molar refractivity (Wildman–Crippen MR) is 137 cm³/mol. The van der Waals surface area contributed by atoms with Gasteiger partial charge in [0, 0.05) is 19.8 Å². The van der Waals surface area contributed by atoms with Crippen molar-refractivity contribution in [1.82, 2.24) is 9.80 Å². The Balaban J connectivity index is 4.51. The number of ether oxygens (including phenoxy) is 2. The van der Waals surface area contributed by atoms with Gasteiger partial charge in [-0.05, 0) is 85.2 Å². The van der Waals surface area contributed by atoms with E-state index in [0.29, 0.717) is 5.41 Å². The Labute approximate surface area is 196 Å². The second-order valence-corrected chi connectivity index (χ2v) is 10.2. The molecule has 4 nitrogen and oxygen atoms in total. The number of rotatable bonds is 24. The van der Waals surface area contributed by atoms with Gasteiger partial charge in [0.1, 0.15) is 0 Å². The van der Waals surface area contributed by atoms with E-state index < -0.39 is 0 Å². The molecule has 0 N–H and O–H groups in total. The second kappa shape index (κ2) is 21.7. The van der Waals surface area contributed by atoms with E-state index in [4.69, 9.17) is 9.47 Å². The zero-order valence-electron chi connectivity index (χ0n) is 22.4. The lowest BCUT2D eigenvalue weighted by Crippen LogP contribution is -2.34. The Hall–Kier alpha value is -0.160. The van der Waals surface area contributed by atoms with Crippen molar-refractivity contribution in [3.05, 3.63) is 0 Å². The average molecular weight is 443 g/mol. The molecule has 0 rings (SSSR count). The van der Waals surface area contributed by atoms with Crippen molar-refractivity contribution in [2.75, 3.05) is 67.7 Å². The summed E-state index contributed by atoms with van der Waals surface area (Å²) in [7, 11) is 8.78. The quantitative estimate of drug-likeness (QED) is 0.157. The Morgan fingerprint density at radius 3 is 1.58 bits per heavy atom. The fourth-order valence-corrected chi connectivity index (χ4v) is 4.02. The fraction of sp³-hybridized carbons (Fsp3) is 1.00. The van der Waals surface area contributed by atoms with Gasteiger partial charge in [-0.1, -0.05) is 65.2 Å². The normalized spacial score (nSPS) is 12.4. The molecule has 0 heterocycles. The average Bonchev–Trinajstić information content (AvgIpc) is 2.74. The molecule has 0 aliphatic carbocycles. The predicted octanol–water partition coefficient (Wildman–Crippen LogP) is 6.63. The van der Waals surface area contributed by atoms with E-state index in [1.807, 2.05) is 0 Å². The molecule has 0 amide bonds. The van der Waals surface area contributed by atoms with E-state index in [-0.39, 0.29) is 0 Å². The van der Waals surface area contributed by atoms with Crippen molar-refractivity contribution in [2.24, 2.45) is 5.41 Å². The van der Waals surface area contributed by atoms with Gasteiger partial charge in [0.25, 0.3) is 0 Å². The third-order valence-corrected chi connectivity index (χ3v) is 6.37. The molecule has 0 saturated carbocycles. The number of hydrogen-bond donors (Lipinski definition) is 0. The van der Waals surface area contributed by atoms with Crippen LogP contribution < -0.4 is 0 Å². The van der Waals surface area contributed by atoms with Crippen molar-refractivity contribution in [2.45, 2.75) is 104 Å². The lowest BCUT2D eigenvalue weighted by molar-refractivity contribution is 0.0154. The van der Waals surface area contributed by atoms with Gasteiger partial charge >= 0.3 is 0 Å². The van der Waals surface area contributed by atoms with Crippen molar-refractivity contribution in [3.8, 4) is 0 Å². The van der Waals surface area contributed by atoms with Gasteiger partial charge < -0.3 is 19.3 Å². The molecule has 0 aliphatic heterocycles. The molecule has 0 bridgehead atoms. The molecule has 4 heteroatoms. The maximum atomic E-state index is 6.33. The van der Waals surface area contributed by atoms with Gasteiger partial charge in [-0.2, -0.15) is 0 Å². The molecule has 0 spiro atoms. The Morgan fingerprint density at radius 2 is 1.00 bits per heavy atom. The van der Waals surface area contributed by atoms with Crippen LogP contribution >= 0.6 is 0 Å². The van der Waals surface area contributed by atoms with Gasteiger partial charge in [-0.3, -0.25) is 0 Å². The first kappa shape index (κ1) is 30.8. The summed E-state index contributed by atoms with van der Waals surface area (Å²) in [5.74, 6) is 0. The minimum atomic E-state index is 0.305. The van der Waals surface area contributed by atoms with E-state index in [1.165, 1.54) is 89.9 Å². The van der Waals surface area contributed by atoms with Crippen molar-refractivity contribution >= 4 is 0 Å². The van der Waals surface area contributed by atoms with E-state index in [2.05, 4.69) is 51.8 Å². The van der Waals surface area contributed by atoms with Crippen LogP contribution in [0.3, 0.4) is 0 Å². The van der Waals surface area contributed by atoms with Crippen LogP contribution in [0.2, 0.25) is 0 Å². The second-order valence-electron chi connectivity index (χ2n) is 10.2. The topological polar surface area (TPSA) is 24.9 Å². The van der Waals surface area contributed by atoms with Gasteiger partial charge in [-0.25, -0.2) is 0 Å². The van der Waals surface area contributed by atoms with Gasteiger partial charge in [0.05, 0.1) is 6.61 Å². The summed E-state index contributed by atoms with van der Waals surface area (Å²) in [6, 6.07) is 0. The van der Waals surface area contributed by atoms with E-state index in [1.54, 1.807) is 0 Å². The van der Waals surface area contributed by atoms with Gasteiger partial charge in [0.2, 0.25) is 0 Å². The first-order valence-corrected chi connectivity index (χ1v) is 13.4. The lowest BCUT2D eigenvalue weighted by atomic mass is 9.77. The highest BCUT2D eigenvalue weighted by Gasteiger charge is 2.30. The SMILES string of the molecule is CCCCCCCCOCC(CCCCCOCCCC)(CCN(C)C)CCN(C)C. The summed E-state index contributed by atoms with van der Waals surface area (Å²) in [6.07, 6.45) is 17.9. The van der Waals surface area contributed by atoms with Crippen LogP contribution in [0.1, 0.15) is 104 Å². The van der Waals surface area contributed by atoms with Crippen LogP contribution in [0.4, 0.5) is 0 Å². The number of nitrogens with zero attached hydrogens (tertiary/aromatic N) is 2. The van der Waals surface area contributed by atoms with Gasteiger partial charge in [-0.15, -0.1) is 0 Å². The number of unbranched alkanes of at least 4 members (excludes halogenated alkanes) is 8. The van der Waals surface area contributed by atoms with Crippen LogP contribution in [-0.4, -0.2) is 77.5 Å². The third-order valence-electron chi connectivity index (χ3n) is 6.37. The van der Waals surface area contributed by atoms with Crippen LogP contribution in [0, 0.1) is 5.41 Å². The van der Waals surface area contributed by atoms with E-state index in [9.17, 15) is 0 Å². The first-order valence-electron chi connectivity index (χ1n) is 13.4. The summed E-state index contributed by atoms with van der Waals surface area (Å²) in [4.78, 5) is 4.67. The highest BCUT2D eigenvalue weighted by molar-refractivity contribution is 4.81. The fourth-order valence-electron chi connectivity index (χ4n) is 4.02. The molecule has 0 aromatic carbocycles. The summed E-state index contributed by atoms with van der Waals surface area (Å²) in [5.41, 5.74) is 0.305. The molecule has 0 aromatic heterocycles. The monoisotopic (exact) mass is 442 g/mol. The zero-order chi connectivity index (χ0) is 23.2. The third kappa shape index (κ3) is 20.2. The van der Waals surface area contributed by atoms with Crippen molar-refractivity contribution in [3.63, 3.8) is 0 Å². The highest BCUT2D eigenvalue weighted by Crippen LogP contribution is 2.34. The molecular weight excluding hydrogens is 384 g/mol. The summed E-state index contributed by atoms with van der Waals surface area (Å²) in [6.45, 7) is 10.5. The van der Waals surface area contributed by atoms with E-state index >= 15 is 0 Å². The van der Waals surface area contributed by atoms with Crippen LogP contribution in [0.25, 0.3) is 0 Å². The number of hydrogen-bond acceptors (Lipinski definition) is 4. The Morgan fingerprint density at radius 1 is 0.516 bits per heavy atom. The molecule has 0 aromatic rings. The van der Waals surface area contributed by atoms with E-state index in [0.717, 1.165) is 39.5 Å². The van der Waals surface area contributed by atoms with Crippen molar-refractivity contribution in [1.29, 1.82) is 0 Å². The van der Waals surface area contributed by atoms with Gasteiger partial charge in [0.15, 0.2) is 0 Å². The maximum Gasteiger partial charge on any atom is 0.0523 e. The molecular formula is C27H58N2O2. The lowest BCUT2D eigenvalue weighted by Gasteiger charge is -2.36. The summed E-state index contributed by atoms with van der Waals surface area (Å²) < 4.78 is 12.1. The van der Waals surface area contributed by atoms with Crippen LogP contribution in [0.15, 0.2) is 0 Å². The maximum absolute atomic E-state index is 6.33. The molecule has 0 fully saturated rings. The van der Waals surface area contributed by atoms with Crippen LogP contribution in [0.5, 0.6) is 0 Å². The standard InChI is InChI=1S/C27H58N2O2/c1-7-9-11-12-13-16-25-31-26-27(19-21-28(3)4,20-22-29(5)6)18-15-14-17-24-30-23-10-8-2/h7-26H2,1-6H3. The highest BCUT2D eigenvalue weighted by atomic mass is 16.5. The van der Waals surface area contributed by atoms with Crippen molar-refractivity contribution < 1.29 is 9.47 Å². The summed E-state index contributed by atoms with van der Waals surface area (Å²) in [5, 5.41) is 0. The molecule has 0 atom stereocenters. The minimum absolute atomic E-state index is 0.305. The molecule has 31 heavy (non-hydrogen) atoms. The Kier molecular flexibility index (Phi) is 21.6. The largest absolute Gasteiger partial charge is 0.381 e. The molecule has 188 valence electrons. The van der Waals surface area contributed by atoms with Crippen LogP contribution in [-0.2, 0) is 9.47 Å². The molecule has 0 aliphatic rings. The smallest absolute Gasteiger partial charge is 0.0523 e. The molecule has 0 unspecified atom stereocenters.